The predicted molar refractivity (Wildman–Crippen MR) is 67.4 cm³/mol. The Bertz CT molecular complexity index is 700. The van der Waals surface area contributed by atoms with E-state index in [1.165, 1.54) is 11.7 Å². The number of benzene rings is 1. The molecular weight excluding hydrogens is 234 g/mol. The molecule has 0 radical (unpaired) electrons. The van der Waals surface area contributed by atoms with Crippen molar-refractivity contribution in [2.75, 3.05) is 7.11 Å². The van der Waals surface area contributed by atoms with E-state index in [0.717, 1.165) is 0 Å². The first kappa shape index (κ1) is 12.2. The van der Waals surface area contributed by atoms with Crippen LogP contribution in [0.5, 0.6) is 5.75 Å². The number of carboxylic acid groups (broad SMARTS) is 1. The molecular formula is C13H13NO4. The van der Waals surface area contributed by atoms with Crippen molar-refractivity contribution in [2.45, 2.75) is 6.92 Å². The van der Waals surface area contributed by atoms with Gasteiger partial charge in [0.2, 0.25) is 0 Å². The average Bonchev–Trinajstić information content (AvgIpc) is 2.35. The van der Waals surface area contributed by atoms with Crippen LogP contribution in [-0.2, 0) is 7.05 Å². The van der Waals surface area contributed by atoms with E-state index in [9.17, 15) is 9.59 Å². The third kappa shape index (κ3) is 1.64. The van der Waals surface area contributed by atoms with Crippen LogP contribution in [0.1, 0.15) is 15.9 Å². The minimum atomic E-state index is -1.21. The molecule has 0 atom stereocenters. The molecule has 1 aromatic carbocycles. The fraction of sp³-hybridized carbons (Fsp3) is 0.231. The van der Waals surface area contributed by atoms with Crippen LogP contribution in [0, 0.1) is 6.92 Å². The highest BCUT2D eigenvalue weighted by Crippen LogP contribution is 2.23. The van der Waals surface area contributed by atoms with Gasteiger partial charge in [-0.2, -0.15) is 0 Å². The SMILES string of the molecule is COc1ccc2c(c1)c(C)c(C(=O)O)c(=O)n2C. The van der Waals surface area contributed by atoms with E-state index in [4.69, 9.17) is 9.84 Å². The van der Waals surface area contributed by atoms with Gasteiger partial charge in [0.15, 0.2) is 0 Å². The van der Waals surface area contributed by atoms with Crippen molar-refractivity contribution in [3.63, 3.8) is 0 Å². The molecule has 1 aromatic heterocycles. The second-order valence-corrected chi connectivity index (χ2v) is 4.05. The summed E-state index contributed by atoms with van der Waals surface area (Å²) in [5, 5.41) is 9.81. The fourth-order valence-electron chi connectivity index (χ4n) is 2.06. The summed E-state index contributed by atoms with van der Waals surface area (Å²) in [6.45, 7) is 1.63. The van der Waals surface area contributed by atoms with Gasteiger partial charge in [0.05, 0.1) is 12.6 Å². The highest BCUT2D eigenvalue weighted by Gasteiger charge is 2.17. The monoisotopic (exact) mass is 247 g/mol. The summed E-state index contributed by atoms with van der Waals surface area (Å²) in [6, 6.07) is 5.21. The third-order valence-electron chi connectivity index (χ3n) is 3.08. The van der Waals surface area contributed by atoms with Crippen LogP contribution in [0.2, 0.25) is 0 Å². The zero-order valence-electron chi connectivity index (χ0n) is 10.4. The number of methoxy groups -OCH3 is 1. The van der Waals surface area contributed by atoms with Crippen LogP contribution in [0.15, 0.2) is 23.0 Å². The molecule has 1 heterocycles. The normalized spacial score (nSPS) is 10.6. The summed E-state index contributed by atoms with van der Waals surface area (Å²) >= 11 is 0. The van der Waals surface area contributed by atoms with Crippen LogP contribution in [0.4, 0.5) is 0 Å². The zero-order chi connectivity index (χ0) is 13.4. The Balaban J connectivity index is 2.99. The number of carboxylic acids is 1. The summed E-state index contributed by atoms with van der Waals surface area (Å²) in [5.41, 5.74) is 0.443. The number of hydrogen-bond donors (Lipinski definition) is 1. The maximum Gasteiger partial charge on any atom is 0.341 e. The molecule has 1 N–H and O–H groups in total. The summed E-state index contributed by atoms with van der Waals surface area (Å²) in [5.74, 6) is -0.585. The first-order chi connectivity index (χ1) is 8.47. The van der Waals surface area contributed by atoms with Gasteiger partial charge in [-0.05, 0) is 30.7 Å². The minimum Gasteiger partial charge on any atom is -0.497 e. The van der Waals surface area contributed by atoms with Crippen LogP contribution in [0.25, 0.3) is 10.9 Å². The Labute approximate surface area is 103 Å². The molecule has 18 heavy (non-hydrogen) atoms. The maximum atomic E-state index is 12.0. The molecule has 0 aliphatic carbocycles. The van der Waals surface area contributed by atoms with E-state index in [2.05, 4.69) is 0 Å². The van der Waals surface area contributed by atoms with E-state index >= 15 is 0 Å². The van der Waals surface area contributed by atoms with Gasteiger partial charge in [-0.25, -0.2) is 4.79 Å². The van der Waals surface area contributed by atoms with Gasteiger partial charge >= 0.3 is 5.97 Å². The van der Waals surface area contributed by atoms with Crippen LogP contribution >= 0.6 is 0 Å². The summed E-state index contributed by atoms with van der Waals surface area (Å²) in [6.07, 6.45) is 0. The standard InChI is InChI=1S/C13H13NO4/c1-7-9-6-8(18-3)4-5-10(9)14(2)12(15)11(7)13(16)17/h4-6H,1-3H3,(H,16,17). The van der Waals surface area contributed by atoms with Gasteiger partial charge in [-0.15, -0.1) is 0 Å². The van der Waals surface area contributed by atoms with Crippen molar-refractivity contribution < 1.29 is 14.6 Å². The largest absolute Gasteiger partial charge is 0.497 e. The second kappa shape index (κ2) is 4.18. The van der Waals surface area contributed by atoms with Gasteiger partial charge < -0.3 is 14.4 Å². The van der Waals surface area contributed by atoms with Crippen molar-refractivity contribution >= 4 is 16.9 Å². The molecule has 0 bridgehead atoms. The Morgan fingerprint density at radius 3 is 2.61 bits per heavy atom. The highest BCUT2D eigenvalue weighted by molar-refractivity contribution is 5.96. The van der Waals surface area contributed by atoms with Crippen LogP contribution in [0.3, 0.4) is 0 Å². The van der Waals surface area contributed by atoms with Gasteiger partial charge in [-0.3, -0.25) is 4.79 Å². The van der Waals surface area contributed by atoms with Gasteiger partial charge in [0.1, 0.15) is 11.3 Å². The number of nitrogens with zero attached hydrogens (tertiary/aromatic N) is 1. The Morgan fingerprint density at radius 1 is 1.39 bits per heavy atom. The lowest BCUT2D eigenvalue weighted by molar-refractivity contribution is 0.0694. The van der Waals surface area contributed by atoms with E-state index in [1.54, 1.807) is 32.2 Å². The molecule has 0 fully saturated rings. The first-order valence-corrected chi connectivity index (χ1v) is 5.38. The Kier molecular flexibility index (Phi) is 2.82. The molecule has 0 saturated carbocycles. The fourth-order valence-corrected chi connectivity index (χ4v) is 2.06. The lowest BCUT2D eigenvalue weighted by Gasteiger charge is -2.11. The van der Waals surface area contributed by atoms with E-state index in [-0.39, 0.29) is 5.56 Å². The summed E-state index contributed by atoms with van der Waals surface area (Å²) < 4.78 is 6.45. The number of fused-ring (bicyclic) bond motifs is 1. The molecule has 0 spiro atoms. The van der Waals surface area contributed by atoms with Crippen molar-refractivity contribution in [1.29, 1.82) is 0 Å². The number of aryl methyl sites for hydroxylation is 2. The smallest absolute Gasteiger partial charge is 0.341 e. The van der Waals surface area contributed by atoms with Crippen molar-refractivity contribution in [3.8, 4) is 5.75 Å². The Hall–Kier alpha value is -2.30. The van der Waals surface area contributed by atoms with Gasteiger partial charge in [-0.1, -0.05) is 0 Å². The summed E-state index contributed by atoms with van der Waals surface area (Å²) in [7, 11) is 3.10. The van der Waals surface area contributed by atoms with E-state index in [0.29, 0.717) is 22.2 Å². The number of pyridine rings is 1. The highest BCUT2D eigenvalue weighted by atomic mass is 16.5. The maximum absolute atomic E-state index is 12.0. The molecule has 0 unspecified atom stereocenters. The number of rotatable bonds is 2. The molecule has 5 nitrogen and oxygen atoms in total. The molecule has 2 rings (SSSR count). The van der Waals surface area contributed by atoms with Crippen LogP contribution in [-0.4, -0.2) is 22.8 Å². The lowest BCUT2D eigenvalue weighted by atomic mass is 10.0. The number of carbonyl (C=O) groups is 1. The lowest BCUT2D eigenvalue weighted by Crippen LogP contribution is -2.26. The topological polar surface area (TPSA) is 68.5 Å². The van der Waals surface area contributed by atoms with Crippen molar-refractivity contribution in [3.05, 3.63) is 39.7 Å². The second-order valence-electron chi connectivity index (χ2n) is 4.05. The van der Waals surface area contributed by atoms with Crippen LogP contribution < -0.4 is 10.3 Å². The molecule has 0 amide bonds. The Morgan fingerprint density at radius 2 is 2.06 bits per heavy atom. The number of aromatic carboxylic acids is 1. The molecule has 0 aliphatic rings. The van der Waals surface area contributed by atoms with E-state index < -0.39 is 11.5 Å². The third-order valence-corrected chi connectivity index (χ3v) is 3.08. The number of aromatic nitrogens is 1. The van der Waals surface area contributed by atoms with E-state index in [1.807, 2.05) is 0 Å². The van der Waals surface area contributed by atoms with Gasteiger partial charge in [0.25, 0.3) is 5.56 Å². The quantitative estimate of drug-likeness (QED) is 0.874. The number of hydrogen-bond acceptors (Lipinski definition) is 3. The number of ether oxygens (including phenoxy) is 1. The van der Waals surface area contributed by atoms with Gasteiger partial charge in [0, 0.05) is 12.4 Å². The molecule has 2 aromatic rings. The zero-order valence-corrected chi connectivity index (χ0v) is 10.4. The first-order valence-electron chi connectivity index (χ1n) is 5.38. The molecule has 5 heteroatoms. The summed E-state index contributed by atoms with van der Waals surface area (Å²) in [4.78, 5) is 23.1. The van der Waals surface area contributed by atoms with Crippen molar-refractivity contribution in [1.82, 2.24) is 4.57 Å². The predicted octanol–water partition coefficient (Wildman–Crippen LogP) is 1.55. The molecule has 0 saturated heterocycles. The molecule has 0 aliphatic heterocycles. The minimum absolute atomic E-state index is 0.196. The van der Waals surface area contributed by atoms with Crippen molar-refractivity contribution in [2.24, 2.45) is 7.05 Å². The molecule has 94 valence electrons. The average molecular weight is 247 g/mol.